The number of aromatic nitrogens is 3. The van der Waals surface area contributed by atoms with Crippen LogP contribution in [0.3, 0.4) is 0 Å². The van der Waals surface area contributed by atoms with Crippen molar-refractivity contribution in [2.45, 2.75) is 5.16 Å². The predicted octanol–water partition coefficient (Wildman–Crippen LogP) is 3.45. The van der Waals surface area contributed by atoms with Gasteiger partial charge in [0.15, 0.2) is 10.9 Å². The molecule has 0 fully saturated rings. The van der Waals surface area contributed by atoms with Crippen molar-refractivity contribution >= 4 is 57.6 Å². The molecule has 0 saturated carbocycles. The fourth-order valence-electron chi connectivity index (χ4n) is 2.23. The molecule has 0 aliphatic heterocycles. The number of methoxy groups -OCH3 is 1. The van der Waals surface area contributed by atoms with Crippen LogP contribution in [-0.2, 0) is 4.74 Å². The van der Waals surface area contributed by atoms with Crippen LogP contribution < -0.4 is 11.1 Å². The second-order valence-corrected chi connectivity index (χ2v) is 5.97. The number of esters is 1. The molecule has 3 rings (SSSR count). The Morgan fingerprint density at radius 2 is 2.12 bits per heavy atom. The van der Waals surface area contributed by atoms with Crippen molar-refractivity contribution in [3.05, 3.63) is 35.0 Å². The fraction of sp³-hybridized carbons (Fsp3) is 0.133. The summed E-state index contributed by atoms with van der Waals surface area (Å²) in [5, 5.41) is 4.72. The van der Waals surface area contributed by atoms with Gasteiger partial charge in [-0.3, -0.25) is 0 Å². The molecule has 0 radical (unpaired) electrons. The number of carbonyl (C=O) groups excluding carboxylic acids is 1. The van der Waals surface area contributed by atoms with Crippen molar-refractivity contribution in [1.82, 2.24) is 15.0 Å². The molecule has 0 bridgehead atoms. The zero-order chi connectivity index (χ0) is 17.3. The summed E-state index contributed by atoms with van der Waals surface area (Å²) in [5.74, 6) is -0.110. The van der Waals surface area contributed by atoms with Crippen LogP contribution in [0.15, 0.2) is 29.4 Å². The number of carbonyl (C=O) groups is 1. The minimum absolute atomic E-state index is 0.141. The molecule has 7 nitrogen and oxygen atoms in total. The van der Waals surface area contributed by atoms with Gasteiger partial charge in [-0.2, -0.15) is 0 Å². The lowest BCUT2D eigenvalue weighted by atomic mass is 10.2. The number of hydrogen-bond donors (Lipinski definition) is 3. The predicted molar refractivity (Wildman–Crippen MR) is 96.2 cm³/mol. The minimum atomic E-state index is -0.570. The maximum atomic E-state index is 11.9. The summed E-state index contributed by atoms with van der Waals surface area (Å²) in [6, 6.07) is 7.26. The molecule has 2 heterocycles. The molecule has 4 N–H and O–H groups in total. The number of nitrogens with zero attached hydrogens (tertiary/aromatic N) is 2. The van der Waals surface area contributed by atoms with E-state index in [2.05, 4.69) is 20.3 Å². The largest absolute Gasteiger partial charge is 0.464 e. The molecule has 3 aromatic rings. The molecule has 0 aliphatic rings. The second kappa shape index (κ2) is 6.58. The van der Waals surface area contributed by atoms with Gasteiger partial charge < -0.3 is 20.8 Å². The van der Waals surface area contributed by atoms with E-state index in [1.807, 2.05) is 24.5 Å². The van der Waals surface area contributed by atoms with E-state index >= 15 is 0 Å². The van der Waals surface area contributed by atoms with Gasteiger partial charge in [0.2, 0.25) is 0 Å². The number of thioether (sulfide) groups is 1. The molecule has 0 aliphatic carbocycles. The molecule has 124 valence electrons. The number of ether oxygens (including phenoxy) is 1. The number of aromatic amines is 1. The number of H-pyrrole nitrogens is 1. The van der Waals surface area contributed by atoms with Crippen molar-refractivity contribution in [2.75, 3.05) is 24.4 Å². The lowest BCUT2D eigenvalue weighted by Gasteiger charge is -2.10. The topological polar surface area (TPSA) is 106 Å². The van der Waals surface area contributed by atoms with Gasteiger partial charge in [0, 0.05) is 0 Å². The molecular formula is C15H14ClN5O2S. The summed E-state index contributed by atoms with van der Waals surface area (Å²) in [6.07, 6.45) is 1.86. The Labute approximate surface area is 147 Å². The monoisotopic (exact) mass is 363 g/mol. The standard InChI is InChI=1S/C15H14ClN5O2S/c1-23-14(22)11-10(17)9-12(18-8-6-4-3-5-7(8)16)20-15(24-2)21-13(9)19-11/h3-6H,17H2,1-2H3,(H2,18,19,20,21). The lowest BCUT2D eigenvalue weighted by Crippen LogP contribution is -2.04. The average Bonchev–Trinajstić information content (AvgIpc) is 2.93. The highest BCUT2D eigenvalue weighted by molar-refractivity contribution is 7.98. The van der Waals surface area contributed by atoms with E-state index < -0.39 is 5.97 Å². The van der Waals surface area contributed by atoms with Crippen molar-refractivity contribution < 1.29 is 9.53 Å². The zero-order valence-electron chi connectivity index (χ0n) is 12.9. The van der Waals surface area contributed by atoms with Gasteiger partial charge >= 0.3 is 5.97 Å². The number of para-hydroxylation sites is 1. The highest BCUT2D eigenvalue weighted by Crippen LogP contribution is 2.34. The molecule has 0 spiro atoms. The van der Waals surface area contributed by atoms with E-state index in [0.29, 0.717) is 32.7 Å². The average molecular weight is 364 g/mol. The first kappa shape index (κ1) is 16.4. The zero-order valence-corrected chi connectivity index (χ0v) is 14.5. The molecule has 9 heteroatoms. The second-order valence-electron chi connectivity index (χ2n) is 4.79. The third-order valence-electron chi connectivity index (χ3n) is 3.37. The van der Waals surface area contributed by atoms with Crippen LogP contribution in [0.5, 0.6) is 0 Å². The lowest BCUT2D eigenvalue weighted by molar-refractivity contribution is 0.0596. The third kappa shape index (κ3) is 2.85. The van der Waals surface area contributed by atoms with E-state index in [1.165, 1.54) is 18.9 Å². The van der Waals surface area contributed by atoms with Crippen molar-refractivity contribution in [2.24, 2.45) is 0 Å². The van der Waals surface area contributed by atoms with Crippen LogP contribution in [0, 0.1) is 0 Å². The van der Waals surface area contributed by atoms with E-state index in [-0.39, 0.29) is 11.4 Å². The Bertz CT molecular complexity index is 928. The maximum Gasteiger partial charge on any atom is 0.356 e. The summed E-state index contributed by atoms with van der Waals surface area (Å²) in [7, 11) is 1.29. The molecule has 0 atom stereocenters. The number of benzene rings is 1. The van der Waals surface area contributed by atoms with Gasteiger partial charge in [-0.05, 0) is 18.4 Å². The first-order chi connectivity index (χ1) is 11.5. The van der Waals surface area contributed by atoms with Gasteiger partial charge in [-0.1, -0.05) is 35.5 Å². The van der Waals surface area contributed by atoms with Gasteiger partial charge in [-0.25, -0.2) is 14.8 Å². The number of nitrogens with two attached hydrogens (primary N) is 1. The Morgan fingerprint density at radius 1 is 1.38 bits per heavy atom. The Kier molecular flexibility index (Phi) is 4.50. The van der Waals surface area contributed by atoms with E-state index in [9.17, 15) is 4.79 Å². The number of nitrogens with one attached hydrogen (secondary N) is 2. The molecular weight excluding hydrogens is 350 g/mol. The molecule has 0 amide bonds. The summed E-state index contributed by atoms with van der Waals surface area (Å²) < 4.78 is 4.74. The van der Waals surface area contributed by atoms with Crippen LogP contribution in [0.25, 0.3) is 11.0 Å². The Morgan fingerprint density at radius 3 is 2.79 bits per heavy atom. The molecule has 0 unspecified atom stereocenters. The quantitative estimate of drug-likeness (QED) is 0.370. The molecule has 0 saturated heterocycles. The van der Waals surface area contributed by atoms with Gasteiger partial charge in [0.05, 0.1) is 28.9 Å². The fourth-order valence-corrected chi connectivity index (χ4v) is 2.78. The number of rotatable bonds is 4. The summed E-state index contributed by atoms with van der Waals surface area (Å²) in [5.41, 5.74) is 7.59. The van der Waals surface area contributed by atoms with E-state index in [1.54, 1.807) is 6.07 Å². The van der Waals surface area contributed by atoms with E-state index in [4.69, 9.17) is 22.1 Å². The van der Waals surface area contributed by atoms with Crippen LogP contribution >= 0.6 is 23.4 Å². The normalized spacial score (nSPS) is 10.8. The van der Waals surface area contributed by atoms with Crippen LogP contribution in [0.4, 0.5) is 17.2 Å². The number of nitrogen functional groups attached to an aromatic ring is 1. The van der Waals surface area contributed by atoms with Crippen molar-refractivity contribution in [3.8, 4) is 0 Å². The van der Waals surface area contributed by atoms with Crippen LogP contribution in [0.1, 0.15) is 10.5 Å². The summed E-state index contributed by atoms with van der Waals surface area (Å²) in [4.78, 5) is 23.5. The number of halogens is 1. The molecule has 24 heavy (non-hydrogen) atoms. The Hall–Kier alpha value is -2.45. The highest BCUT2D eigenvalue weighted by atomic mass is 35.5. The smallest absolute Gasteiger partial charge is 0.356 e. The van der Waals surface area contributed by atoms with E-state index in [0.717, 1.165) is 0 Å². The van der Waals surface area contributed by atoms with Crippen molar-refractivity contribution in [3.63, 3.8) is 0 Å². The van der Waals surface area contributed by atoms with Gasteiger partial charge in [-0.15, -0.1) is 0 Å². The van der Waals surface area contributed by atoms with Gasteiger partial charge in [0.1, 0.15) is 11.5 Å². The molecule has 2 aromatic heterocycles. The number of anilines is 3. The number of hydrogen-bond acceptors (Lipinski definition) is 7. The molecule has 1 aromatic carbocycles. The number of fused-ring (bicyclic) bond motifs is 1. The summed E-state index contributed by atoms with van der Waals surface area (Å²) in [6.45, 7) is 0. The first-order valence-corrected chi connectivity index (χ1v) is 8.48. The maximum absolute atomic E-state index is 11.9. The Balaban J connectivity index is 2.20. The van der Waals surface area contributed by atoms with Crippen LogP contribution in [-0.4, -0.2) is 34.3 Å². The highest BCUT2D eigenvalue weighted by Gasteiger charge is 2.21. The first-order valence-electron chi connectivity index (χ1n) is 6.88. The van der Waals surface area contributed by atoms with Gasteiger partial charge in [0.25, 0.3) is 0 Å². The van der Waals surface area contributed by atoms with Crippen LogP contribution in [0.2, 0.25) is 5.02 Å². The third-order valence-corrected chi connectivity index (χ3v) is 4.25. The minimum Gasteiger partial charge on any atom is -0.464 e. The van der Waals surface area contributed by atoms with Crippen molar-refractivity contribution in [1.29, 1.82) is 0 Å². The summed E-state index contributed by atoms with van der Waals surface area (Å²) >= 11 is 7.56. The SMILES string of the molecule is COC(=O)c1[nH]c2nc(SC)nc(Nc3ccccc3Cl)c2c1N.